The number of ether oxygens (including phenoxy) is 2. The van der Waals surface area contributed by atoms with Crippen molar-refractivity contribution in [2.24, 2.45) is 0 Å². The summed E-state index contributed by atoms with van der Waals surface area (Å²) in [5, 5.41) is 2.83. The van der Waals surface area contributed by atoms with E-state index in [1.807, 2.05) is 13.8 Å². The second-order valence-electron chi connectivity index (χ2n) is 6.35. The van der Waals surface area contributed by atoms with Crippen LogP contribution < -0.4 is 14.8 Å². The molecule has 2 aromatic rings. The number of sulfonamides is 1. The largest absolute Gasteiger partial charge is 0.497 e. The molecule has 1 N–H and O–H groups in total. The lowest BCUT2D eigenvalue weighted by molar-refractivity contribution is -0.116. The van der Waals surface area contributed by atoms with Gasteiger partial charge in [-0.05, 0) is 36.2 Å². The summed E-state index contributed by atoms with van der Waals surface area (Å²) in [6, 6.07) is 11.8. The molecule has 0 aliphatic heterocycles. The van der Waals surface area contributed by atoms with Crippen LogP contribution in [0.1, 0.15) is 25.8 Å². The van der Waals surface area contributed by atoms with Crippen LogP contribution in [0, 0.1) is 0 Å². The molecule has 0 saturated carbocycles. The second kappa shape index (κ2) is 10.3. The van der Waals surface area contributed by atoms with Crippen molar-refractivity contribution in [3.63, 3.8) is 0 Å². The minimum Gasteiger partial charge on any atom is -0.497 e. The molecule has 2 aromatic carbocycles. The zero-order valence-corrected chi connectivity index (χ0v) is 18.1. The standard InChI is InChI=1S/C21H28N2O5S/c1-5-23(6-2)29(25,26)18-11-7-16(8-12-18)9-14-21(24)22-19-15-17(27-3)10-13-20(19)28-4/h7-8,10-13,15H,5-6,9,14H2,1-4H3,(H,22,24). The van der Waals surface area contributed by atoms with Crippen LogP contribution in [0.4, 0.5) is 5.69 Å². The van der Waals surface area contributed by atoms with Crippen molar-refractivity contribution in [1.29, 1.82) is 0 Å². The number of amides is 1. The molecule has 0 fully saturated rings. The Morgan fingerprint density at radius 3 is 2.21 bits per heavy atom. The Balaban J connectivity index is 2.01. The molecule has 7 nitrogen and oxygen atoms in total. The molecule has 29 heavy (non-hydrogen) atoms. The van der Waals surface area contributed by atoms with E-state index in [1.54, 1.807) is 49.6 Å². The molecule has 0 unspecified atom stereocenters. The highest BCUT2D eigenvalue weighted by molar-refractivity contribution is 7.89. The van der Waals surface area contributed by atoms with Crippen molar-refractivity contribution < 1.29 is 22.7 Å². The molecule has 0 spiro atoms. The first-order valence-corrected chi connectivity index (χ1v) is 10.9. The highest BCUT2D eigenvalue weighted by Gasteiger charge is 2.21. The summed E-state index contributed by atoms with van der Waals surface area (Å²) in [7, 11) is -0.390. The van der Waals surface area contributed by atoms with E-state index in [9.17, 15) is 13.2 Å². The van der Waals surface area contributed by atoms with Crippen LogP contribution in [0.25, 0.3) is 0 Å². The topological polar surface area (TPSA) is 84.9 Å². The predicted molar refractivity (Wildman–Crippen MR) is 113 cm³/mol. The molecular weight excluding hydrogens is 392 g/mol. The molecule has 0 heterocycles. The number of carbonyl (C=O) groups excluding carboxylic acids is 1. The fourth-order valence-corrected chi connectivity index (χ4v) is 4.38. The first-order valence-electron chi connectivity index (χ1n) is 9.46. The van der Waals surface area contributed by atoms with Crippen LogP contribution in [-0.4, -0.2) is 45.9 Å². The zero-order valence-electron chi connectivity index (χ0n) is 17.3. The van der Waals surface area contributed by atoms with Gasteiger partial charge in [0.2, 0.25) is 15.9 Å². The van der Waals surface area contributed by atoms with Crippen LogP contribution in [0.5, 0.6) is 11.5 Å². The summed E-state index contributed by atoms with van der Waals surface area (Å²) in [5.74, 6) is 0.993. The van der Waals surface area contributed by atoms with Crippen LogP contribution in [0.15, 0.2) is 47.4 Å². The molecule has 0 radical (unpaired) electrons. The second-order valence-corrected chi connectivity index (χ2v) is 8.29. The Hall–Kier alpha value is -2.58. The molecule has 0 saturated heterocycles. The van der Waals surface area contributed by atoms with Crippen LogP contribution in [0.2, 0.25) is 0 Å². The van der Waals surface area contributed by atoms with Gasteiger partial charge in [-0.3, -0.25) is 4.79 Å². The van der Waals surface area contributed by atoms with E-state index in [-0.39, 0.29) is 17.2 Å². The predicted octanol–water partition coefficient (Wildman–Crippen LogP) is 3.31. The van der Waals surface area contributed by atoms with E-state index < -0.39 is 10.0 Å². The maximum atomic E-state index is 12.5. The highest BCUT2D eigenvalue weighted by Crippen LogP contribution is 2.29. The monoisotopic (exact) mass is 420 g/mol. The summed E-state index contributed by atoms with van der Waals surface area (Å²) in [6.07, 6.45) is 0.742. The Kier molecular flexibility index (Phi) is 8.04. The molecule has 0 aromatic heterocycles. The molecule has 0 aliphatic carbocycles. The van der Waals surface area contributed by atoms with Crippen molar-refractivity contribution in [3.8, 4) is 11.5 Å². The van der Waals surface area contributed by atoms with E-state index in [4.69, 9.17) is 9.47 Å². The number of hydrogen-bond acceptors (Lipinski definition) is 5. The van der Waals surface area contributed by atoms with Gasteiger partial charge < -0.3 is 14.8 Å². The van der Waals surface area contributed by atoms with Crippen LogP contribution >= 0.6 is 0 Å². The molecule has 158 valence electrons. The SMILES string of the molecule is CCN(CC)S(=O)(=O)c1ccc(CCC(=O)Nc2cc(OC)ccc2OC)cc1. The van der Waals surface area contributed by atoms with Gasteiger partial charge in [-0.2, -0.15) is 4.31 Å². The summed E-state index contributed by atoms with van der Waals surface area (Å²) in [4.78, 5) is 12.6. The van der Waals surface area contributed by atoms with Gasteiger partial charge in [0.25, 0.3) is 0 Å². The number of anilines is 1. The third-order valence-electron chi connectivity index (χ3n) is 4.59. The lowest BCUT2D eigenvalue weighted by Crippen LogP contribution is -2.30. The van der Waals surface area contributed by atoms with E-state index in [2.05, 4.69) is 5.32 Å². The normalized spacial score (nSPS) is 11.3. The van der Waals surface area contributed by atoms with Gasteiger partial charge in [0.15, 0.2) is 0 Å². The molecular formula is C21H28N2O5S. The molecule has 0 atom stereocenters. The van der Waals surface area contributed by atoms with E-state index in [0.717, 1.165) is 5.56 Å². The minimum atomic E-state index is -3.48. The number of nitrogens with zero attached hydrogens (tertiary/aromatic N) is 1. The zero-order chi connectivity index (χ0) is 21.4. The van der Waals surface area contributed by atoms with Gasteiger partial charge in [0.05, 0.1) is 24.8 Å². The number of carbonyl (C=O) groups is 1. The molecule has 0 aliphatic rings. The number of benzene rings is 2. The van der Waals surface area contributed by atoms with Gasteiger partial charge in [-0.25, -0.2) is 8.42 Å². The summed E-state index contributed by atoms with van der Waals surface area (Å²) in [5.41, 5.74) is 1.42. The lowest BCUT2D eigenvalue weighted by Gasteiger charge is -2.18. The molecule has 2 rings (SSSR count). The van der Waals surface area contributed by atoms with Gasteiger partial charge in [0.1, 0.15) is 11.5 Å². The molecule has 1 amide bonds. The third-order valence-corrected chi connectivity index (χ3v) is 6.65. The first kappa shape index (κ1) is 22.7. The molecule has 8 heteroatoms. The summed E-state index contributed by atoms with van der Waals surface area (Å²) < 4.78 is 36.9. The summed E-state index contributed by atoms with van der Waals surface area (Å²) >= 11 is 0. The fraction of sp³-hybridized carbons (Fsp3) is 0.381. The minimum absolute atomic E-state index is 0.170. The van der Waals surface area contributed by atoms with Crippen molar-refractivity contribution in [1.82, 2.24) is 4.31 Å². The van der Waals surface area contributed by atoms with Gasteiger partial charge in [-0.15, -0.1) is 0 Å². The van der Waals surface area contributed by atoms with E-state index in [0.29, 0.717) is 36.7 Å². The highest BCUT2D eigenvalue weighted by atomic mass is 32.2. The van der Waals surface area contributed by atoms with E-state index >= 15 is 0 Å². The van der Waals surface area contributed by atoms with Gasteiger partial charge >= 0.3 is 0 Å². The maximum Gasteiger partial charge on any atom is 0.243 e. The Bertz CT molecular complexity index is 923. The number of nitrogens with one attached hydrogen (secondary N) is 1. The van der Waals surface area contributed by atoms with Gasteiger partial charge in [-0.1, -0.05) is 26.0 Å². The van der Waals surface area contributed by atoms with Crippen LogP contribution in [0.3, 0.4) is 0 Å². The number of aryl methyl sites for hydroxylation is 1. The summed E-state index contributed by atoms with van der Waals surface area (Å²) in [6.45, 7) is 4.47. The quantitative estimate of drug-likeness (QED) is 0.637. The van der Waals surface area contributed by atoms with E-state index in [1.165, 1.54) is 11.4 Å². The Morgan fingerprint density at radius 1 is 1.00 bits per heavy atom. The van der Waals surface area contributed by atoms with Crippen molar-refractivity contribution in [3.05, 3.63) is 48.0 Å². The third kappa shape index (κ3) is 5.71. The maximum absolute atomic E-state index is 12.5. The van der Waals surface area contributed by atoms with Gasteiger partial charge in [0, 0.05) is 25.6 Å². The number of rotatable bonds is 10. The first-order chi connectivity index (χ1) is 13.8. The number of methoxy groups -OCH3 is 2. The number of hydrogen-bond donors (Lipinski definition) is 1. The fourth-order valence-electron chi connectivity index (χ4n) is 2.92. The molecule has 0 bridgehead atoms. The average Bonchev–Trinajstić information content (AvgIpc) is 2.73. The van der Waals surface area contributed by atoms with Crippen LogP contribution in [-0.2, 0) is 21.2 Å². The smallest absolute Gasteiger partial charge is 0.243 e. The Morgan fingerprint density at radius 2 is 1.66 bits per heavy atom. The lowest BCUT2D eigenvalue weighted by atomic mass is 10.1. The Labute approximate surface area is 172 Å². The van der Waals surface area contributed by atoms with Crippen molar-refractivity contribution in [2.75, 3.05) is 32.6 Å². The average molecular weight is 421 g/mol. The van der Waals surface area contributed by atoms with Crippen molar-refractivity contribution >= 4 is 21.6 Å². The van der Waals surface area contributed by atoms with Crippen molar-refractivity contribution in [2.45, 2.75) is 31.6 Å².